The van der Waals surface area contributed by atoms with E-state index in [4.69, 9.17) is 32.7 Å². The minimum absolute atomic E-state index is 0.181. The van der Waals surface area contributed by atoms with Crippen LogP contribution in [0.25, 0.3) is 0 Å². The van der Waals surface area contributed by atoms with Gasteiger partial charge in [-0.05, 0) is 52.7 Å². The third-order valence-corrected chi connectivity index (χ3v) is 5.25. The Bertz CT molecular complexity index is 1060. The van der Waals surface area contributed by atoms with Gasteiger partial charge in [0, 0.05) is 0 Å². The van der Waals surface area contributed by atoms with Crippen molar-refractivity contribution in [2.75, 3.05) is 25.6 Å². The van der Waals surface area contributed by atoms with Crippen molar-refractivity contribution in [3.05, 3.63) is 50.4 Å². The van der Waals surface area contributed by atoms with Crippen molar-refractivity contribution in [3.63, 3.8) is 0 Å². The summed E-state index contributed by atoms with van der Waals surface area (Å²) < 4.78 is 16.1. The lowest BCUT2D eigenvalue weighted by Crippen LogP contribution is -2.24. The van der Waals surface area contributed by atoms with Gasteiger partial charge in [0.2, 0.25) is 11.8 Å². The van der Waals surface area contributed by atoms with E-state index in [0.717, 1.165) is 0 Å². The molecule has 0 aromatic heterocycles. The van der Waals surface area contributed by atoms with Gasteiger partial charge in [-0.25, -0.2) is 10.2 Å². The zero-order chi connectivity index (χ0) is 24.4. The van der Waals surface area contributed by atoms with E-state index in [1.54, 1.807) is 37.3 Å². The average molecular weight is 561 g/mol. The number of halogens is 3. The fourth-order valence-corrected chi connectivity index (χ4v) is 3.34. The van der Waals surface area contributed by atoms with E-state index in [1.165, 1.54) is 13.3 Å². The number of hydrogen-bond donors (Lipinski definition) is 2. The zero-order valence-electron chi connectivity index (χ0n) is 17.6. The molecule has 176 valence electrons. The lowest BCUT2D eigenvalue weighted by atomic mass is 10.2. The normalized spacial score (nSPS) is 10.6. The minimum Gasteiger partial charge on any atom is -0.490 e. The van der Waals surface area contributed by atoms with E-state index in [0.29, 0.717) is 33.8 Å². The smallest absolute Gasteiger partial charge is 0.343 e. The summed E-state index contributed by atoms with van der Waals surface area (Å²) in [6.07, 6.45) is 0.884. The highest BCUT2D eigenvalue weighted by molar-refractivity contribution is 9.10. The molecule has 33 heavy (non-hydrogen) atoms. The number of nitrogens with zero attached hydrogens (tertiary/aromatic N) is 1. The van der Waals surface area contributed by atoms with Crippen molar-refractivity contribution in [1.29, 1.82) is 0 Å². The Balaban J connectivity index is 1.99. The molecule has 0 atom stereocenters. The molecule has 2 rings (SSSR count). The molecular formula is C21H20BrCl2N3O6. The summed E-state index contributed by atoms with van der Waals surface area (Å²) in [6, 6.07) is 8.03. The van der Waals surface area contributed by atoms with E-state index in [-0.39, 0.29) is 16.7 Å². The van der Waals surface area contributed by atoms with E-state index in [2.05, 4.69) is 36.5 Å². The first-order valence-electron chi connectivity index (χ1n) is 9.46. The standard InChI is InChI=1S/C21H20BrCl2N3O6/c1-3-32-16-8-12(7-13(22)21(16)33-11-19(30)31-2)10-25-27-18(29)9-17(28)26-15-6-4-5-14(23)20(15)24/h4-8,10H,3,9,11H2,1-2H3,(H,26,28)(H,27,29). The van der Waals surface area contributed by atoms with Crippen molar-refractivity contribution in [1.82, 2.24) is 5.43 Å². The number of amides is 2. The highest BCUT2D eigenvalue weighted by Gasteiger charge is 2.15. The van der Waals surface area contributed by atoms with Crippen molar-refractivity contribution in [2.45, 2.75) is 13.3 Å². The topological polar surface area (TPSA) is 115 Å². The van der Waals surface area contributed by atoms with Crippen LogP contribution in [0.2, 0.25) is 10.0 Å². The molecule has 12 heteroatoms. The van der Waals surface area contributed by atoms with E-state index >= 15 is 0 Å². The third kappa shape index (κ3) is 8.23. The first-order chi connectivity index (χ1) is 15.7. The van der Waals surface area contributed by atoms with Crippen LogP contribution >= 0.6 is 39.1 Å². The highest BCUT2D eigenvalue weighted by atomic mass is 79.9. The van der Waals surface area contributed by atoms with Gasteiger partial charge in [0.15, 0.2) is 18.1 Å². The first kappa shape index (κ1) is 26.4. The maximum atomic E-state index is 12.1. The van der Waals surface area contributed by atoms with Gasteiger partial charge in [-0.15, -0.1) is 0 Å². The summed E-state index contributed by atoms with van der Waals surface area (Å²) in [5.41, 5.74) is 3.13. The van der Waals surface area contributed by atoms with Gasteiger partial charge in [-0.1, -0.05) is 29.3 Å². The lowest BCUT2D eigenvalue weighted by Gasteiger charge is -2.13. The number of benzene rings is 2. The maximum absolute atomic E-state index is 12.1. The summed E-state index contributed by atoms with van der Waals surface area (Å²) >= 11 is 15.3. The molecule has 0 aliphatic rings. The molecule has 2 N–H and O–H groups in total. The SMILES string of the molecule is CCOc1cc(C=NNC(=O)CC(=O)Nc2cccc(Cl)c2Cl)cc(Br)c1OCC(=O)OC. The Hall–Kier alpha value is -2.82. The minimum atomic E-state index is -0.635. The number of esters is 1. The molecule has 0 spiro atoms. The summed E-state index contributed by atoms with van der Waals surface area (Å²) in [6.45, 7) is 1.85. The number of hydrogen-bond acceptors (Lipinski definition) is 7. The van der Waals surface area contributed by atoms with E-state index < -0.39 is 24.2 Å². The summed E-state index contributed by atoms with van der Waals surface area (Å²) in [4.78, 5) is 35.4. The molecule has 0 aliphatic heterocycles. The van der Waals surface area contributed by atoms with Gasteiger partial charge in [-0.2, -0.15) is 5.10 Å². The Kier molecular flexibility index (Phi) is 10.4. The molecule has 9 nitrogen and oxygen atoms in total. The first-order valence-corrected chi connectivity index (χ1v) is 11.0. The second kappa shape index (κ2) is 13.0. The van der Waals surface area contributed by atoms with Gasteiger partial charge in [-0.3, -0.25) is 9.59 Å². The van der Waals surface area contributed by atoms with Crippen molar-refractivity contribution >= 4 is 68.8 Å². The fourth-order valence-electron chi connectivity index (χ4n) is 2.41. The predicted molar refractivity (Wildman–Crippen MR) is 128 cm³/mol. The number of nitrogens with one attached hydrogen (secondary N) is 2. The number of rotatable bonds is 10. The monoisotopic (exact) mass is 559 g/mol. The largest absolute Gasteiger partial charge is 0.490 e. The van der Waals surface area contributed by atoms with Crippen LogP contribution in [0, 0.1) is 0 Å². The second-order valence-electron chi connectivity index (χ2n) is 6.25. The lowest BCUT2D eigenvalue weighted by molar-refractivity contribution is -0.143. The van der Waals surface area contributed by atoms with E-state index in [1.807, 2.05) is 0 Å². The van der Waals surface area contributed by atoms with Gasteiger partial charge < -0.3 is 19.5 Å². The summed E-state index contributed by atoms with van der Waals surface area (Å²) in [5.74, 6) is -1.08. The number of carbonyl (C=O) groups excluding carboxylic acids is 3. The molecule has 0 bridgehead atoms. The van der Waals surface area contributed by atoms with Crippen LogP contribution in [0.3, 0.4) is 0 Å². The molecule has 0 fully saturated rings. The van der Waals surface area contributed by atoms with Crippen molar-refractivity contribution in [2.24, 2.45) is 5.10 Å². The number of carbonyl (C=O) groups is 3. The van der Waals surface area contributed by atoms with Crippen molar-refractivity contribution < 1.29 is 28.6 Å². The van der Waals surface area contributed by atoms with Gasteiger partial charge >= 0.3 is 5.97 Å². The molecule has 2 aromatic rings. The molecule has 0 saturated heterocycles. The second-order valence-corrected chi connectivity index (χ2v) is 7.89. The molecular weight excluding hydrogens is 541 g/mol. The van der Waals surface area contributed by atoms with Crippen LogP contribution < -0.4 is 20.2 Å². The molecule has 0 aliphatic carbocycles. The average Bonchev–Trinajstić information content (AvgIpc) is 2.76. The number of hydrazone groups is 1. The van der Waals surface area contributed by atoms with Crippen LogP contribution in [0.15, 0.2) is 39.9 Å². The van der Waals surface area contributed by atoms with Crippen LogP contribution in [0.4, 0.5) is 5.69 Å². The third-order valence-electron chi connectivity index (χ3n) is 3.84. The van der Waals surface area contributed by atoms with Crippen LogP contribution in [-0.4, -0.2) is 44.3 Å². The molecule has 2 aromatic carbocycles. The van der Waals surface area contributed by atoms with Gasteiger partial charge in [0.25, 0.3) is 0 Å². The Morgan fingerprint density at radius 3 is 2.61 bits per heavy atom. The zero-order valence-corrected chi connectivity index (χ0v) is 20.7. The van der Waals surface area contributed by atoms with Crippen LogP contribution in [0.1, 0.15) is 18.9 Å². The summed E-state index contributed by atoms with van der Waals surface area (Å²) in [5, 5.41) is 6.82. The molecule has 2 amide bonds. The Morgan fingerprint density at radius 1 is 1.15 bits per heavy atom. The molecule has 0 unspecified atom stereocenters. The van der Waals surface area contributed by atoms with Crippen molar-refractivity contribution in [3.8, 4) is 11.5 Å². The number of ether oxygens (including phenoxy) is 3. The van der Waals surface area contributed by atoms with E-state index in [9.17, 15) is 14.4 Å². The van der Waals surface area contributed by atoms with Crippen LogP contribution in [0.5, 0.6) is 11.5 Å². The van der Waals surface area contributed by atoms with Gasteiger partial charge in [0.05, 0.1) is 40.1 Å². The summed E-state index contributed by atoms with van der Waals surface area (Å²) in [7, 11) is 1.26. The highest BCUT2D eigenvalue weighted by Crippen LogP contribution is 2.36. The number of methoxy groups -OCH3 is 1. The molecule has 0 radical (unpaired) electrons. The molecule has 0 heterocycles. The molecule has 0 saturated carbocycles. The number of anilines is 1. The van der Waals surface area contributed by atoms with Crippen LogP contribution in [-0.2, 0) is 19.1 Å². The quantitative estimate of drug-likeness (QED) is 0.195. The fraction of sp³-hybridized carbons (Fsp3) is 0.238. The van der Waals surface area contributed by atoms with Gasteiger partial charge in [0.1, 0.15) is 6.42 Å². The Labute approximate surface area is 208 Å². The predicted octanol–water partition coefficient (Wildman–Crippen LogP) is 4.19. The Morgan fingerprint density at radius 2 is 1.91 bits per heavy atom. The maximum Gasteiger partial charge on any atom is 0.343 e.